The molecule has 0 aromatic heterocycles. The Bertz CT molecular complexity index is 170. The van der Waals surface area contributed by atoms with Crippen LogP contribution in [0, 0.1) is 0 Å². The van der Waals surface area contributed by atoms with Gasteiger partial charge >= 0.3 is 5.97 Å². The molecule has 3 nitrogen and oxygen atoms in total. The van der Waals surface area contributed by atoms with Crippen molar-refractivity contribution in [2.45, 2.75) is 33.1 Å². The summed E-state index contributed by atoms with van der Waals surface area (Å²) in [5.41, 5.74) is 0.625. The number of aliphatic hydroxyl groups excluding tert-OH is 1. The number of aliphatic carboxylic acids is 1. The summed E-state index contributed by atoms with van der Waals surface area (Å²) >= 11 is 0. The molecule has 2 N–H and O–H groups in total. The largest absolute Gasteiger partial charge is 0.502 e. The number of allylic oxidation sites excluding steroid dienone is 1. The Hall–Kier alpha value is -0.990. The van der Waals surface area contributed by atoms with Crippen molar-refractivity contribution in [2.24, 2.45) is 0 Å². The summed E-state index contributed by atoms with van der Waals surface area (Å²) in [4.78, 5) is 10.3. The fraction of sp³-hybridized carbons (Fsp3) is 0.625. The minimum Gasteiger partial charge on any atom is -0.502 e. The van der Waals surface area contributed by atoms with Crippen LogP contribution >= 0.6 is 0 Å². The number of hydrogen-bond donors (Lipinski definition) is 2. The first-order valence-corrected chi connectivity index (χ1v) is 3.77. The summed E-state index contributed by atoms with van der Waals surface area (Å²) in [7, 11) is 0. The molecule has 0 amide bonds. The zero-order chi connectivity index (χ0) is 8.85. The highest BCUT2D eigenvalue weighted by Crippen LogP contribution is 2.12. The molecule has 0 fully saturated rings. The number of rotatable bonds is 4. The van der Waals surface area contributed by atoms with Crippen LogP contribution in [0.2, 0.25) is 0 Å². The van der Waals surface area contributed by atoms with E-state index in [1.54, 1.807) is 0 Å². The van der Waals surface area contributed by atoms with E-state index >= 15 is 0 Å². The van der Waals surface area contributed by atoms with Gasteiger partial charge in [0.05, 0.1) is 0 Å². The van der Waals surface area contributed by atoms with Gasteiger partial charge in [-0.3, -0.25) is 0 Å². The Labute approximate surface area is 66.4 Å². The van der Waals surface area contributed by atoms with Crippen molar-refractivity contribution in [2.75, 3.05) is 0 Å². The highest BCUT2D eigenvalue weighted by Gasteiger charge is 2.09. The third kappa shape index (κ3) is 3.07. The van der Waals surface area contributed by atoms with E-state index in [2.05, 4.69) is 0 Å². The lowest BCUT2D eigenvalue weighted by Gasteiger charge is -2.02. The lowest BCUT2D eigenvalue weighted by molar-refractivity contribution is -0.135. The van der Waals surface area contributed by atoms with Crippen molar-refractivity contribution in [1.82, 2.24) is 0 Å². The smallest absolute Gasteiger partial charge is 0.370 e. The fourth-order valence-electron chi connectivity index (χ4n) is 0.916. The first-order chi connectivity index (χ1) is 5.13. The van der Waals surface area contributed by atoms with Crippen LogP contribution in [0.4, 0.5) is 0 Å². The van der Waals surface area contributed by atoms with Crippen LogP contribution in [0.1, 0.15) is 33.1 Å². The van der Waals surface area contributed by atoms with Gasteiger partial charge in [0, 0.05) is 0 Å². The molecule has 0 heterocycles. The van der Waals surface area contributed by atoms with Crippen molar-refractivity contribution < 1.29 is 15.0 Å². The second-order valence-corrected chi connectivity index (χ2v) is 2.36. The predicted molar refractivity (Wildman–Crippen MR) is 42.5 cm³/mol. The molecule has 0 atom stereocenters. The first kappa shape index (κ1) is 10.0. The third-order valence-electron chi connectivity index (χ3n) is 1.52. The van der Waals surface area contributed by atoms with Gasteiger partial charge in [0.15, 0.2) is 0 Å². The Morgan fingerprint density at radius 1 is 1.27 bits per heavy atom. The van der Waals surface area contributed by atoms with E-state index in [9.17, 15) is 4.79 Å². The second kappa shape index (κ2) is 4.77. The predicted octanol–water partition coefficient (Wildman–Crippen LogP) is 2.09. The normalized spacial score (nSPS) is 12.5. The molecule has 0 saturated heterocycles. The first-order valence-electron chi connectivity index (χ1n) is 3.77. The van der Waals surface area contributed by atoms with Gasteiger partial charge in [-0.1, -0.05) is 20.3 Å². The lowest BCUT2D eigenvalue weighted by atomic mass is 10.1. The molecule has 0 unspecified atom stereocenters. The maximum Gasteiger partial charge on any atom is 0.370 e. The highest BCUT2D eigenvalue weighted by molar-refractivity contribution is 5.84. The van der Waals surface area contributed by atoms with Crippen LogP contribution in [0.5, 0.6) is 0 Å². The fourth-order valence-corrected chi connectivity index (χ4v) is 0.916. The summed E-state index contributed by atoms with van der Waals surface area (Å²) in [5, 5.41) is 17.4. The molecule has 64 valence electrons. The Balaban J connectivity index is 4.39. The van der Waals surface area contributed by atoms with E-state index in [-0.39, 0.29) is 0 Å². The zero-order valence-corrected chi connectivity index (χ0v) is 6.92. The minimum atomic E-state index is -1.23. The van der Waals surface area contributed by atoms with Gasteiger partial charge in [0.1, 0.15) is 0 Å². The summed E-state index contributed by atoms with van der Waals surface area (Å²) in [6.45, 7) is 3.79. The Morgan fingerprint density at radius 2 is 1.82 bits per heavy atom. The molecule has 0 aliphatic heterocycles. The SMILES string of the molecule is CCCC(CC)=C(O)C(=O)O. The van der Waals surface area contributed by atoms with Crippen LogP contribution in [-0.2, 0) is 4.79 Å². The number of carboxylic acid groups (broad SMARTS) is 1. The summed E-state index contributed by atoms with van der Waals surface area (Å²) in [5.74, 6) is -1.70. The molecule has 0 rings (SSSR count). The Morgan fingerprint density at radius 3 is 2.09 bits per heavy atom. The van der Waals surface area contributed by atoms with Crippen LogP contribution in [0.3, 0.4) is 0 Å². The topological polar surface area (TPSA) is 57.5 Å². The maximum absolute atomic E-state index is 10.3. The number of carboxylic acids is 1. The second-order valence-electron chi connectivity index (χ2n) is 2.36. The van der Waals surface area contributed by atoms with Crippen LogP contribution < -0.4 is 0 Å². The molecule has 0 aliphatic rings. The molecule has 0 saturated carbocycles. The van der Waals surface area contributed by atoms with Gasteiger partial charge in [-0.25, -0.2) is 4.79 Å². The van der Waals surface area contributed by atoms with E-state index in [1.807, 2.05) is 13.8 Å². The molecule has 0 bridgehead atoms. The average Bonchev–Trinajstić information content (AvgIpc) is 1.98. The van der Waals surface area contributed by atoms with E-state index < -0.39 is 11.7 Å². The van der Waals surface area contributed by atoms with Gasteiger partial charge in [-0.05, 0) is 18.4 Å². The number of hydrogen-bond acceptors (Lipinski definition) is 2. The van der Waals surface area contributed by atoms with Gasteiger partial charge in [0.25, 0.3) is 0 Å². The van der Waals surface area contributed by atoms with E-state index in [0.717, 1.165) is 6.42 Å². The van der Waals surface area contributed by atoms with Crippen LogP contribution in [0.25, 0.3) is 0 Å². The zero-order valence-electron chi connectivity index (χ0n) is 6.92. The monoisotopic (exact) mass is 158 g/mol. The highest BCUT2D eigenvalue weighted by atomic mass is 16.4. The molecule has 0 aromatic carbocycles. The minimum absolute atomic E-state index is 0.477. The number of aliphatic hydroxyl groups is 1. The van der Waals surface area contributed by atoms with Crippen LogP contribution in [0.15, 0.2) is 11.3 Å². The summed E-state index contributed by atoms with van der Waals surface area (Å²) < 4.78 is 0. The lowest BCUT2D eigenvalue weighted by Crippen LogP contribution is -2.03. The van der Waals surface area contributed by atoms with Crippen LogP contribution in [-0.4, -0.2) is 16.2 Å². The molecule has 0 aromatic rings. The standard InChI is InChI=1S/C8H14O3/c1-3-5-6(4-2)7(9)8(10)11/h9H,3-5H2,1-2H3,(H,10,11). The van der Waals surface area contributed by atoms with Crippen molar-refractivity contribution in [1.29, 1.82) is 0 Å². The van der Waals surface area contributed by atoms with Crippen molar-refractivity contribution >= 4 is 5.97 Å². The summed E-state index contributed by atoms with van der Waals surface area (Å²) in [6, 6.07) is 0. The van der Waals surface area contributed by atoms with E-state index in [4.69, 9.17) is 10.2 Å². The van der Waals surface area contributed by atoms with Gasteiger partial charge in [0.2, 0.25) is 5.76 Å². The molecule has 11 heavy (non-hydrogen) atoms. The van der Waals surface area contributed by atoms with Gasteiger partial charge in [-0.15, -0.1) is 0 Å². The third-order valence-corrected chi connectivity index (χ3v) is 1.52. The Kier molecular flexibility index (Phi) is 4.34. The average molecular weight is 158 g/mol. The molecule has 0 radical (unpaired) electrons. The molecule has 0 spiro atoms. The van der Waals surface area contributed by atoms with Gasteiger partial charge in [-0.2, -0.15) is 0 Å². The molecular weight excluding hydrogens is 144 g/mol. The van der Waals surface area contributed by atoms with Gasteiger partial charge < -0.3 is 10.2 Å². The van der Waals surface area contributed by atoms with Crippen molar-refractivity contribution in [3.8, 4) is 0 Å². The quantitative estimate of drug-likeness (QED) is 0.486. The molecule has 3 heteroatoms. The molecule has 0 aliphatic carbocycles. The van der Waals surface area contributed by atoms with Crippen molar-refractivity contribution in [3.63, 3.8) is 0 Å². The summed E-state index contributed by atoms with van der Waals surface area (Å²) in [6.07, 6.45) is 2.13. The maximum atomic E-state index is 10.3. The number of carbonyl (C=O) groups is 1. The van der Waals surface area contributed by atoms with Crippen molar-refractivity contribution in [3.05, 3.63) is 11.3 Å². The van der Waals surface area contributed by atoms with E-state index in [0.29, 0.717) is 18.4 Å². The molecular formula is C8H14O3. The van der Waals surface area contributed by atoms with E-state index in [1.165, 1.54) is 0 Å².